The van der Waals surface area contributed by atoms with Crippen LogP contribution in [0, 0.1) is 0 Å². The number of hydrogen-bond donors (Lipinski definition) is 3. The van der Waals surface area contributed by atoms with Gasteiger partial charge < -0.3 is 15.5 Å². The van der Waals surface area contributed by atoms with E-state index in [4.69, 9.17) is 0 Å². The lowest BCUT2D eigenvalue weighted by Gasteiger charge is -2.36. The Balaban J connectivity index is 0.00000288. The van der Waals surface area contributed by atoms with E-state index in [9.17, 15) is 27.6 Å². The van der Waals surface area contributed by atoms with Crippen LogP contribution in [0.4, 0.5) is 18.0 Å². The molecule has 1 atom stereocenters. The Bertz CT molecular complexity index is 485. The number of alkyl halides is 3. The second-order valence-electron chi connectivity index (χ2n) is 5.36. The summed E-state index contributed by atoms with van der Waals surface area (Å²) < 4.78 is 39.4. The van der Waals surface area contributed by atoms with Crippen LogP contribution in [-0.2, 0) is 9.59 Å². The first-order valence-electron chi connectivity index (χ1n) is 7.14. The van der Waals surface area contributed by atoms with Gasteiger partial charge in [-0.15, -0.1) is 12.4 Å². The minimum absolute atomic E-state index is 0. The van der Waals surface area contributed by atoms with Crippen LogP contribution in [0.1, 0.15) is 0 Å². The number of urea groups is 1. The molecule has 2 saturated heterocycles. The highest BCUT2D eigenvalue weighted by molar-refractivity contribution is 6.03. The lowest BCUT2D eigenvalue weighted by molar-refractivity contribution is -0.184. The highest BCUT2D eigenvalue weighted by Crippen LogP contribution is 2.24. The Labute approximate surface area is 142 Å². The van der Waals surface area contributed by atoms with Crippen molar-refractivity contribution in [3.05, 3.63) is 0 Å². The van der Waals surface area contributed by atoms with Gasteiger partial charge in [0.25, 0.3) is 0 Å². The Kier molecular flexibility index (Phi) is 7.24. The van der Waals surface area contributed by atoms with Gasteiger partial charge in [-0.2, -0.15) is 13.2 Å². The first-order chi connectivity index (χ1) is 10.8. The number of carbonyl (C=O) groups excluding carboxylic acids is 3. The average molecular weight is 374 g/mol. The predicted molar refractivity (Wildman–Crippen MR) is 79.7 cm³/mol. The van der Waals surface area contributed by atoms with Crippen LogP contribution in [0.25, 0.3) is 0 Å². The summed E-state index contributed by atoms with van der Waals surface area (Å²) in [5.41, 5.74) is 0. The molecule has 12 heteroatoms. The van der Waals surface area contributed by atoms with Gasteiger partial charge in [0.2, 0.25) is 11.8 Å². The van der Waals surface area contributed by atoms with E-state index in [-0.39, 0.29) is 32.0 Å². The number of nitrogens with zero attached hydrogens (tertiary/aromatic N) is 2. The van der Waals surface area contributed by atoms with E-state index in [1.54, 1.807) is 0 Å². The number of imide groups is 1. The van der Waals surface area contributed by atoms with E-state index in [2.05, 4.69) is 10.6 Å². The molecule has 138 valence electrons. The third kappa shape index (κ3) is 5.49. The zero-order valence-electron chi connectivity index (χ0n) is 12.7. The molecule has 2 aliphatic heterocycles. The Hall–Kier alpha value is -1.59. The number of carbonyl (C=O) groups is 3. The molecule has 2 rings (SSSR count). The lowest BCUT2D eigenvalue weighted by Crippen LogP contribution is -2.58. The minimum Gasteiger partial charge on any atom is -0.353 e. The van der Waals surface area contributed by atoms with Crippen molar-refractivity contribution in [2.45, 2.75) is 12.2 Å². The van der Waals surface area contributed by atoms with E-state index in [0.29, 0.717) is 13.1 Å². The second-order valence-corrected chi connectivity index (χ2v) is 5.36. The smallest absolute Gasteiger partial charge is 0.353 e. The van der Waals surface area contributed by atoms with Crippen LogP contribution in [0.3, 0.4) is 0 Å². The van der Waals surface area contributed by atoms with Gasteiger partial charge in [0.05, 0.1) is 0 Å². The molecule has 0 aromatic heterocycles. The van der Waals surface area contributed by atoms with Crippen molar-refractivity contribution in [3.8, 4) is 0 Å². The normalized spacial score (nSPS) is 20.4. The highest BCUT2D eigenvalue weighted by Gasteiger charge is 2.44. The summed E-state index contributed by atoms with van der Waals surface area (Å²) in [4.78, 5) is 36.2. The van der Waals surface area contributed by atoms with Gasteiger partial charge in [0, 0.05) is 32.7 Å². The summed E-state index contributed by atoms with van der Waals surface area (Å²) in [7, 11) is 0. The van der Waals surface area contributed by atoms with Gasteiger partial charge in [-0.25, -0.2) is 4.79 Å². The number of halogens is 4. The van der Waals surface area contributed by atoms with Crippen LogP contribution in [-0.4, -0.2) is 85.7 Å². The third-order valence-electron chi connectivity index (χ3n) is 3.67. The molecule has 0 saturated carbocycles. The van der Waals surface area contributed by atoms with E-state index in [1.165, 1.54) is 4.90 Å². The highest BCUT2D eigenvalue weighted by atomic mass is 35.5. The first-order valence-corrected chi connectivity index (χ1v) is 7.14. The van der Waals surface area contributed by atoms with Gasteiger partial charge >= 0.3 is 12.2 Å². The van der Waals surface area contributed by atoms with E-state index in [1.807, 2.05) is 5.32 Å². The number of hydrogen-bond acceptors (Lipinski definition) is 5. The molecular formula is C12H19ClF3N5O3. The number of nitrogens with one attached hydrogen (secondary N) is 3. The predicted octanol–water partition coefficient (Wildman–Crippen LogP) is -1.09. The topological polar surface area (TPSA) is 93.8 Å². The fraction of sp³-hybridized carbons (Fsp3) is 0.750. The summed E-state index contributed by atoms with van der Waals surface area (Å²) in [5.74, 6) is -1.28. The molecule has 0 spiro atoms. The standard InChI is InChI=1S/C12H18F3N5O3.ClH/c13-12(14,15)8(19-3-1-16-2-4-19)5-17-9(21)6-20-7-10(22)18-11(20)23;/h8,16H,1-7H2,(H,17,21)(H,18,22,23);1H. The summed E-state index contributed by atoms with van der Waals surface area (Å²) in [6.45, 7) is 0.0710. The zero-order valence-corrected chi connectivity index (χ0v) is 13.5. The fourth-order valence-corrected chi connectivity index (χ4v) is 2.50. The van der Waals surface area contributed by atoms with Crippen LogP contribution in [0.15, 0.2) is 0 Å². The summed E-state index contributed by atoms with van der Waals surface area (Å²) >= 11 is 0. The maximum absolute atomic E-state index is 13.1. The van der Waals surface area contributed by atoms with Crippen LogP contribution < -0.4 is 16.0 Å². The Morgan fingerprint density at radius 1 is 1.25 bits per heavy atom. The monoisotopic (exact) mass is 373 g/mol. The van der Waals surface area contributed by atoms with Crippen molar-refractivity contribution in [1.82, 2.24) is 25.8 Å². The molecule has 2 heterocycles. The number of piperazine rings is 1. The largest absolute Gasteiger partial charge is 0.405 e. The van der Waals surface area contributed by atoms with Crippen molar-refractivity contribution < 1.29 is 27.6 Å². The van der Waals surface area contributed by atoms with Crippen LogP contribution in [0.2, 0.25) is 0 Å². The van der Waals surface area contributed by atoms with E-state index < -0.39 is 43.2 Å². The fourth-order valence-electron chi connectivity index (χ4n) is 2.50. The molecule has 0 radical (unpaired) electrons. The summed E-state index contributed by atoms with van der Waals surface area (Å²) in [5, 5.41) is 7.14. The molecule has 24 heavy (non-hydrogen) atoms. The van der Waals surface area contributed by atoms with Gasteiger partial charge in [-0.1, -0.05) is 0 Å². The average Bonchev–Trinajstić information content (AvgIpc) is 2.76. The minimum atomic E-state index is -4.47. The quantitative estimate of drug-likeness (QED) is 0.533. The molecule has 2 aliphatic rings. The Morgan fingerprint density at radius 3 is 2.38 bits per heavy atom. The molecule has 4 amide bonds. The maximum atomic E-state index is 13.1. The third-order valence-corrected chi connectivity index (χ3v) is 3.67. The molecule has 3 N–H and O–H groups in total. The van der Waals surface area contributed by atoms with E-state index in [0.717, 1.165) is 4.90 Å². The van der Waals surface area contributed by atoms with Crippen LogP contribution in [0.5, 0.6) is 0 Å². The molecule has 0 aromatic rings. The molecule has 2 fully saturated rings. The molecule has 8 nitrogen and oxygen atoms in total. The summed E-state index contributed by atoms with van der Waals surface area (Å²) in [6.07, 6.45) is -4.47. The zero-order chi connectivity index (χ0) is 17.0. The maximum Gasteiger partial charge on any atom is 0.405 e. The van der Waals surface area contributed by atoms with Crippen molar-refractivity contribution in [2.24, 2.45) is 0 Å². The molecule has 1 unspecified atom stereocenters. The van der Waals surface area contributed by atoms with Crippen molar-refractivity contribution in [2.75, 3.05) is 45.8 Å². The molecule has 0 aromatic carbocycles. The van der Waals surface area contributed by atoms with Gasteiger partial charge in [-0.05, 0) is 0 Å². The molecular weight excluding hydrogens is 355 g/mol. The number of amides is 4. The molecule has 0 bridgehead atoms. The first kappa shape index (κ1) is 20.5. The lowest BCUT2D eigenvalue weighted by atomic mass is 10.2. The second kappa shape index (κ2) is 8.49. The van der Waals surface area contributed by atoms with Gasteiger partial charge in [0.15, 0.2) is 0 Å². The van der Waals surface area contributed by atoms with Crippen molar-refractivity contribution in [3.63, 3.8) is 0 Å². The van der Waals surface area contributed by atoms with Crippen molar-refractivity contribution >= 4 is 30.3 Å². The Morgan fingerprint density at radius 2 is 1.88 bits per heavy atom. The van der Waals surface area contributed by atoms with E-state index >= 15 is 0 Å². The molecule has 0 aliphatic carbocycles. The van der Waals surface area contributed by atoms with Gasteiger partial charge in [-0.3, -0.25) is 19.8 Å². The van der Waals surface area contributed by atoms with Crippen LogP contribution >= 0.6 is 12.4 Å². The van der Waals surface area contributed by atoms with Gasteiger partial charge in [0.1, 0.15) is 19.1 Å². The SMILES string of the molecule is Cl.O=C(CN1CC(=O)NC1=O)NCC(N1CCNCC1)C(F)(F)F. The summed E-state index contributed by atoms with van der Waals surface area (Å²) in [6, 6.07) is -2.50. The van der Waals surface area contributed by atoms with Crippen molar-refractivity contribution in [1.29, 1.82) is 0 Å². The number of rotatable bonds is 5.